The Morgan fingerprint density at radius 2 is 1.69 bits per heavy atom. The Labute approximate surface area is 162 Å². The van der Waals surface area contributed by atoms with Crippen molar-refractivity contribution in [2.75, 3.05) is 23.8 Å². The first-order valence-corrected chi connectivity index (χ1v) is 9.76. The lowest BCUT2D eigenvalue weighted by molar-refractivity contribution is -0.119. The van der Waals surface area contributed by atoms with E-state index in [0.29, 0.717) is 27.5 Å². The fourth-order valence-corrected chi connectivity index (χ4v) is 4.56. The van der Waals surface area contributed by atoms with Gasteiger partial charge in [-0.05, 0) is 55.3 Å². The van der Waals surface area contributed by atoms with Crippen molar-refractivity contribution in [2.45, 2.75) is 18.7 Å². The SMILES string of the molecule is COCC(=O)Nc1ccc(NS(=O)(=O)c2c(C)c(Cl)cc(C)c2Cl)cc1. The average Bonchev–Trinajstić information content (AvgIpc) is 2.55. The summed E-state index contributed by atoms with van der Waals surface area (Å²) in [5.74, 6) is -0.308. The molecule has 1 amide bonds. The van der Waals surface area contributed by atoms with Crippen molar-refractivity contribution in [1.29, 1.82) is 0 Å². The van der Waals surface area contributed by atoms with Crippen molar-refractivity contribution in [3.63, 3.8) is 0 Å². The third-order valence-electron chi connectivity index (χ3n) is 3.55. The minimum Gasteiger partial charge on any atom is -0.375 e. The number of carbonyl (C=O) groups is 1. The van der Waals surface area contributed by atoms with Crippen molar-refractivity contribution in [3.05, 3.63) is 51.5 Å². The fraction of sp³-hybridized carbons (Fsp3) is 0.235. The number of aryl methyl sites for hydroxylation is 1. The van der Waals surface area contributed by atoms with Crippen LogP contribution in [0.15, 0.2) is 35.2 Å². The highest BCUT2D eigenvalue weighted by Gasteiger charge is 2.24. The minimum atomic E-state index is -3.94. The van der Waals surface area contributed by atoms with E-state index in [9.17, 15) is 13.2 Å². The molecule has 0 heterocycles. The van der Waals surface area contributed by atoms with Crippen LogP contribution >= 0.6 is 23.2 Å². The second-order valence-electron chi connectivity index (χ2n) is 5.61. The van der Waals surface area contributed by atoms with Crippen molar-refractivity contribution >= 4 is 50.5 Å². The summed E-state index contributed by atoms with van der Waals surface area (Å²) in [6.45, 7) is 3.21. The molecule has 0 atom stereocenters. The second-order valence-corrected chi connectivity index (χ2v) is 8.01. The Morgan fingerprint density at radius 1 is 1.12 bits per heavy atom. The zero-order valence-corrected chi connectivity index (χ0v) is 16.7. The van der Waals surface area contributed by atoms with Gasteiger partial charge in [0.15, 0.2) is 0 Å². The molecule has 2 N–H and O–H groups in total. The van der Waals surface area contributed by atoms with Gasteiger partial charge in [-0.25, -0.2) is 8.42 Å². The molecule has 0 aliphatic heterocycles. The van der Waals surface area contributed by atoms with Gasteiger partial charge in [0, 0.05) is 23.5 Å². The number of nitrogens with one attached hydrogen (secondary N) is 2. The number of rotatable bonds is 6. The van der Waals surface area contributed by atoms with Crippen LogP contribution < -0.4 is 10.0 Å². The summed E-state index contributed by atoms with van der Waals surface area (Å²) in [6.07, 6.45) is 0. The van der Waals surface area contributed by atoms with Crippen molar-refractivity contribution in [3.8, 4) is 0 Å². The van der Waals surface area contributed by atoms with Gasteiger partial charge in [-0.3, -0.25) is 9.52 Å². The van der Waals surface area contributed by atoms with Gasteiger partial charge < -0.3 is 10.1 Å². The first kappa shape index (κ1) is 20.5. The minimum absolute atomic E-state index is 0.0540. The first-order valence-electron chi connectivity index (χ1n) is 7.52. The number of anilines is 2. The maximum Gasteiger partial charge on any atom is 0.263 e. The Bertz CT molecular complexity index is 903. The summed E-state index contributed by atoms with van der Waals surface area (Å²) in [6, 6.07) is 7.82. The van der Waals surface area contributed by atoms with Gasteiger partial charge in [0.2, 0.25) is 5.91 Å². The molecular formula is C17H18Cl2N2O4S. The quantitative estimate of drug-likeness (QED) is 0.744. The monoisotopic (exact) mass is 416 g/mol. The number of halogens is 2. The van der Waals surface area contributed by atoms with Crippen LogP contribution in [0, 0.1) is 13.8 Å². The Morgan fingerprint density at radius 3 is 2.27 bits per heavy atom. The maximum absolute atomic E-state index is 12.8. The highest BCUT2D eigenvalue weighted by Crippen LogP contribution is 2.34. The van der Waals surface area contributed by atoms with Crippen LogP contribution in [0.25, 0.3) is 0 Å². The number of methoxy groups -OCH3 is 1. The molecule has 0 unspecified atom stereocenters. The van der Waals surface area contributed by atoms with Crippen molar-refractivity contribution in [2.24, 2.45) is 0 Å². The first-order chi connectivity index (χ1) is 12.2. The van der Waals surface area contributed by atoms with E-state index in [1.165, 1.54) is 19.2 Å². The number of sulfonamides is 1. The Balaban J connectivity index is 2.27. The Hall–Kier alpha value is -1.80. The van der Waals surface area contributed by atoms with Crippen LogP contribution in [0.2, 0.25) is 10.0 Å². The number of benzene rings is 2. The van der Waals surface area contributed by atoms with E-state index in [1.807, 2.05) is 0 Å². The highest BCUT2D eigenvalue weighted by molar-refractivity contribution is 7.93. The van der Waals surface area contributed by atoms with Crippen molar-refractivity contribution in [1.82, 2.24) is 0 Å². The van der Waals surface area contributed by atoms with E-state index in [1.54, 1.807) is 32.0 Å². The molecule has 0 radical (unpaired) electrons. The number of hydrogen-bond donors (Lipinski definition) is 2. The zero-order valence-electron chi connectivity index (χ0n) is 14.4. The van der Waals surface area contributed by atoms with Crippen LogP contribution in [-0.2, 0) is 19.6 Å². The largest absolute Gasteiger partial charge is 0.375 e. The van der Waals surface area contributed by atoms with Gasteiger partial charge in [0.25, 0.3) is 10.0 Å². The normalized spacial score (nSPS) is 11.3. The number of carbonyl (C=O) groups excluding carboxylic acids is 1. The summed E-state index contributed by atoms with van der Waals surface area (Å²) in [4.78, 5) is 11.4. The number of ether oxygens (including phenoxy) is 1. The molecule has 6 nitrogen and oxygen atoms in total. The number of hydrogen-bond acceptors (Lipinski definition) is 4. The predicted octanol–water partition coefficient (Wildman–Crippen LogP) is 4.00. The van der Waals surface area contributed by atoms with Crippen LogP contribution in [0.3, 0.4) is 0 Å². The molecule has 9 heteroatoms. The Kier molecular flexibility index (Phi) is 6.52. The molecule has 2 rings (SSSR count). The fourth-order valence-electron chi connectivity index (χ4n) is 2.29. The summed E-state index contributed by atoms with van der Waals surface area (Å²) in [5.41, 5.74) is 1.78. The van der Waals surface area contributed by atoms with Gasteiger partial charge >= 0.3 is 0 Å². The third-order valence-corrected chi connectivity index (χ3v) is 6.10. The third kappa shape index (κ3) is 4.67. The summed E-state index contributed by atoms with van der Waals surface area (Å²) >= 11 is 12.3. The lowest BCUT2D eigenvalue weighted by Crippen LogP contribution is -2.17. The van der Waals surface area contributed by atoms with E-state index in [4.69, 9.17) is 27.9 Å². The van der Waals surface area contributed by atoms with E-state index in [2.05, 4.69) is 10.0 Å². The molecule has 0 aliphatic carbocycles. The van der Waals surface area contributed by atoms with E-state index >= 15 is 0 Å². The molecule has 0 aliphatic rings. The van der Waals surface area contributed by atoms with Crippen LogP contribution in [0.4, 0.5) is 11.4 Å². The smallest absolute Gasteiger partial charge is 0.263 e. The molecule has 0 bridgehead atoms. The van der Waals surface area contributed by atoms with Gasteiger partial charge in [0.05, 0.1) is 5.02 Å². The maximum atomic E-state index is 12.8. The van der Waals surface area contributed by atoms with Crippen molar-refractivity contribution < 1.29 is 17.9 Å². The molecule has 140 valence electrons. The lowest BCUT2D eigenvalue weighted by Gasteiger charge is -2.15. The highest BCUT2D eigenvalue weighted by atomic mass is 35.5. The molecular weight excluding hydrogens is 399 g/mol. The van der Waals surface area contributed by atoms with E-state index < -0.39 is 10.0 Å². The standard InChI is InChI=1S/C17H18Cl2N2O4S/c1-10-8-14(18)11(2)17(16(10)19)26(23,24)21-13-6-4-12(5-7-13)20-15(22)9-25-3/h4-8,21H,9H2,1-3H3,(H,20,22). The molecule has 0 saturated carbocycles. The van der Waals surface area contributed by atoms with Gasteiger partial charge in [-0.15, -0.1) is 0 Å². The molecule has 0 saturated heterocycles. The molecule has 0 aromatic heterocycles. The van der Waals surface area contributed by atoms with Gasteiger partial charge in [-0.2, -0.15) is 0 Å². The van der Waals surface area contributed by atoms with Gasteiger partial charge in [-0.1, -0.05) is 23.2 Å². The second kappa shape index (κ2) is 8.26. The molecule has 0 fully saturated rings. The van der Waals surface area contributed by atoms with Gasteiger partial charge in [0.1, 0.15) is 11.5 Å². The molecule has 0 spiro atoms. The molecule has 2 aromatic rings. The number of amides is 1. The summed E-state index contributed by atoms with van der Waals surface area (Å²) < 4.78 is 32.7. The average molecular weight is 417 g/mol. The summed E-state index contributed by atoms with van der Waals surface area (Å²) in [5, 5.41) is 3.07. The summed E-state index contributed by atoms with van der Waals surface area (Å²) in [7, 11) is -2.52. The molecule has 26 heavy (non-hydrogen) atoms. The van der Waals surface area contributed by atoms with E-state index in [0.717, 1.165) is 0 Å². The van der Waals surface area contributed by atoms with Crippen LogP contribution in [0.5, 0.6) is 0 Å². The predicted molar refractivity (Wildman–Crippen MR) is 104 cm³/mol. The van der Waals surface area contributed by atoms with Crippen LogP contribution in [0.1, 0.15) is 11.1 Å². The van der Waals surface area contributed by atoms with Crippen LogP contribution in [-0.4, -0.2) is 28.0 Å². The van der Waals surface area contributed by atoms with E-state index in [-0.39, 0.29) is 22.4 Å². The topological polar surface area (TPSA) is 84.5 Å². The zero-order chi connectivity index (χ0) is 19.5. The molecule has 2 aromatic carbocycles. The lowest BCUT2D eigenvalue weighted by atomic mass is 10.2.